The maximum Gasteiger partial charge on any atom is 0.231 e. The minimum Gasteiger partial charge on any atom is -0.495 e. The Kier molecular flexibility index (Phi) is 5.99. The van der Waals surface area contributed by atoms with E-state index in [-0.39, 0.29) is 6.79 Å². The topological polar surface area (TPSA) is 55.9 Å². The van der Waals surface area contributed by atoms with Gasteiger partial charge in [-0.1, -0.05) is 18.2 Å². The highest BCUT2D eigenvalue weighted by Crippen LogP contribution is 2.33. The molecule has 3 aromatic rings. The molecule has 7 heteroatoms. The number of pyridine rings is 1. The first kappa shape index (κ1) is 20.0. The summed E-state index contributed by atoms with van der Waals surface area (Å²) in [4.78, 5) is 6.31. The number of nitrogens with one attached hydrogen (secondary N) is 1. The molecule has 30 heavy (non-hydrogen) atoms. The summed E-state index contributed by atoms with van der Waals surface area (Å²) in [6.45, 7) is 3.50. The van der Waals surface area contributed by atoms with E-state index in [1.807, 2.05) is 61.7 Å². The predicted molar refractivity (Wildman–Crippen MR) is 120 cm³/mol. The molecule has 0 unspecified atom stereocenters. The Hall–Kier alpha value is -3.32. The summed E-state index contributed by atoms with van der Waals surface area (Å²) in [5.74, 6) is 2.28. The number of aromatic nitrogens is 1. The fourth-order valence-corrected chi connectivity index (χ4v) is 3.51. The maximum atomic E-state index is 5.78. The zero-order chi connectivity index (χ0) is 20.9. The van der Waals surface area contributed by atoms with Crippen LogP contribution in [0.2, 0.25) is 0 Å². The van der Waals surface area contributed by atoms with Gasteiger partial charge in [-0.2, -0.15) is 0 Å². The summed E-state index contributed by atoms with van der Waals surface area (Å²) >= 11 is 5.78. The molecular formula is C23H23N3O3S. The molecule has 0 saturated heterocycles. The van der Waals surface area contributed by atoms with Crippen LogP contribution in [0.5, 0.6) is 17.2 Å². The van der Waals surface area contributed by atoms with Gasteiger partial charge in [-0.3, -0.25) is 4.98 Å². The molecule has 0 bridgehead atoms. The maximum absolute atomic E-state index is 5.78. The SMILES string of the molecule is COc1cc(C)ccc1NC(=S)N(Cc1cccnc1)Cc1ccc2c(c1)OCO2. The Morgan fingerprint density at radius 2 is 1.93 bits per heavy atom. The number of methoxy groups -OCH3 is 1. The first-order chi connectivity index (χ1) is 14.6. The second-order valence-electron chi connectivity index (χ2n) is 7.04. The van der Waals surface area contributed by atoms with Crippen molar-refractivity contribution in [1.29, 1.82) is 0 Å². The van der Waals surface area contributed by atoms with Gasteiger partial charge in [0.1, 0.15) is 5.75 Å². The molecular weight excluding hydrogens is 398 g/mol. The Balaban J connectivity index is 1.57. The summed E-state index contributed by atoms with van der Waals surface area (Å²) in [6, 6.07) is 15.9. The minimum atomic E-state index is 0.255. The van der Waals surface area contributed by atoms with Crippen LogP contribution in [-0.2, 0) is 13.1 Å². The van der Waals surface area contributed by atoms with E-state index in [0.29, 0.717) is 18.2 Å². The van der Waals surface area contributed by atoms with E-state index >= 15 is 0 Å². The van der Waals surface area contributed by atoms with Crippen LogP contribution in [0.25, 0.3) is 0 Å². The van der Waals surface area contributed by atoms with Crippen LogP contribution in [0.4, 0.5) is 5.69 Å². The molecule has 1 aliphatic rings. The van der Waals surface area contributed by atoms with Gasteiger partial charge in [-0.15, -0.1) is 0 Å². The molecule has 1 aromatic heterocycles. The van der Waals surface area contributed by atoms with Crippen molar-refractivity contribution in [3.63, 3.8) is 0 Å². The molecule has 0 radical (unpaired) electrons. The average molecular weight is 422 g/mol. The van der Waals surface area contributed by atoms with E-state index in [0.717, 1.165) is 39.6 Å². The quantitative estimate of drug-likeness (QED) is 0.587. The standard InChI is InChI=1S/C23H23N3O3S/c1-16-5-7-19(21(10-16)27-2)25-23(30)26(14-18-4-3-9-24-12-18)13-17-6-8-20-22(11-17)29-15-28-20/h3-12H,13-15H2,1-2H3,(H,25,30). The van der Waals surface area contributed by atoms with E-state index in [1.165, 1.54) is 0 Å². The average Bonchev–Trinajstić information content (AvgIpc) is 3.23. The number of thiocarbonyl (C=S) groups is 1. The number of benzene rings is 2. The lowest BCUT2D eigenvalue weighted by Crippen LogP contribution is -2.34. The number of nitrogens with zero attached hydrogens (tertiary/aromatic N) is 2. The molecule has 6 nitrogen and oxygen atoms in total. The molecule has 1 N–H and O–H groups in total. The summed E-state index contributed by atoms with van der Waals surface area (Å²) in [7, 11) is 1.66. The Bertz CT molecular complexity index is 1040. The molecule has 0 saturated carbocycles. The summed E-state index contributed by atoms with van der Waals surface area (Å²) in [6.07, 6.45) is 3.61. The van der Waals surface area contributed by atoms with Gasteiger partial charge in [0, 0.05) is 25.5 Å². The Morgan fingerprint density at radius 3 is 2.73 bits per heavy atom. The fourth-order valence-electron chi connectivity index (χ4n) is 3.27. The zero-order valence-corrected chi connectivity index (χ0v) is 17.7. The third-order valence-corrected chi connectivity index (χ3v) is 5.15. The Morgan fingerprint density at radius 1 is 1.10 bits per heavy atom. The van der Waals surface area contributed by atoms with E-state index in [9.17, 15) is 0 Å². The highest BCUT2D eigenvalue weighted by Gasteiger charge is 2.17. The second-order valence-corrected chi connectivity index (χ2v) is 7.43. The number of rotatable bonds is 6. The zero-order valence-electron chi connectivity index (χ0n) is 16.9. The van der Waals surface area contributed by atoms with E-state index < -0.39 is 0 Å². The van der Waals surface area contributed by atoms with E-state index in [2.05, 4.69) is 15.2 Å². The van der Waals surface area contributed by atoms with Gasteiger partial charge in [0.15, 0.2) is 16.6 Å². The van der Waals surface area contributed by atoms with Crippen LogP contribution in [0, 0.1) is 6.92 Å². The molecule has 0 aliphatic carbocycles. The van der Waals surface area contributed by atoms with Crippen molar-refractivity contribution < 1.29 is 14.2 Å². The lowest BCUT2D eigenvalue weighted by atomic mass is 10.1. The number of fused-ring (bicyclic) bond motifs is 1. The van der Waals surface area contributed by atoms with Crippen LogP contribution in [0.15, 0.2) is 60.9 Å². The van der Waals surface area contributed by atoms with Gasteiger partial charge in [0.25, 0.3) is 0 Å². The van der Waals surface area contributed by atoms with Gasteiger partial charge in [-0.25, -0.2) is 0 Å². The summed E-state index contributed by atoms with van der Waals surface area (Å²) in [5, 5.41) is 3.93. The lowest BCUT2D eigenvalue weighted by molar-refractivity contribution is 0.174. The van der Waals surface area contributed by atoms with Crippen molar-refractivity contribution in [3.8, 4) is 17.2 Å². The largest absolute Gasteiger partial charge is 0.495 e. The van der Waals surface area contributed by atoms with Crippen molar-refractivity contribution in [2.45, 2.75) is 20.0 Å². The van der Waals surface area contributed by atoms with Gasteiger partial charge in [-0.05, 0) is 66.2 Å². The molecule has 2 heterocycles. The molecule has 1 aliphatic heterocycles. The molecule has 0 atom stereocenters. The number of aryl methyl sites for hydroxylation is 1. The highest BCUT2D eigenvalue weighted by atomic mass is 32.1. The number of anilines is 1. The first-order valence-electron chi connectivity index (χ1n) is 9.60. The van der Waals surface area contributed by atoms with Crippen molar-refractivity contribution in [3.05, 3.63) is 77.6 Å². The predicted octanol–water partition coefficient (Wildman–Crippen LogP) is 4.53. The fraction of sp³-hybridized carbons (Fsp3) is 0.217. The molecule has 0 fully saturated rings. The molecule has 4 rings (SSSR count). The van der Waals surface area contributed by atoms with Gasteiger partial charge in [0.05, 0.1) is 12.8 Å². The lowest BCUT2D eigenvalue weighted by Gasteiger charge is -2.27. The molecule has 0 spiro atoms. The monoisotopic (exact) mass is 421 g/mol. The smallest absolute Gasteiger partial charge is 0.231 e. The van der Waals surface area contributed by atoms with Crippen LogP contribution < -0.4 is 19.5 Å². The second kappa shape index (κ2) is 9.00. The Labute approximate surface area is 181 Å². The van der Waals surface area contributed by atoms with Crippen LogP contribution >= 0.6 is 12.2 Å². The molecule has 0 amide bonds. The highest BCUT2D eigenvalue weighted by molar-refractivity contribution is 7.80. The number of ether oxygens (including phenoxy) is 3. The third kappa shape index (κ3) is 4.63. The van der Waals surface area contributed by atoms with Crippen LogP contribution in [0.3, 0.4) is 0 Å². The summed E-state index contributed by atoms with van der Waals surface area (Å²) in [5.41, 5.74) is 4.09. The molecule has 154 valence electrons. The van der Waals surface area contributed by atoms with Gasteiger partial charge in [0.2, 0.25) is 6.79 Å². The van der Waals surface area contributed by atoms with Crippen LogP contribution in [0.1, 0.15) is 16.7 Å². The first-order valence-corrected chi connectivity index (χ1v) is 10.0. The van der Waals surface area contributed by atoms with Gasteiger partial charge < -0.3 is 24.4 Å². The number of hydrogen-bond donors (Lipinski definition) is 1. The van der Waals surface area contributed by atoms with E-state index in [1.54, 1.807) is 13.3 Å². The normalized spacial score (nSPS) is 11.8. The van der Waals surface area contributed by atoms with Crippen molar-refractivity contribution in [2.75, 3.05) is 19.2 Å². The van der Waals surface area contributed by atoms with E-state index in [4.69, 9.17) is 26.4 Å². The van der Waals surface area contributed by atoms with Crippen molar-refractivity contribution in [1.82, 2.24) is 9.88 Å². The van der Waals surface area contributed by atoms with Gasteiger partial charge >= 0.3 is 0 Å². The van der Waals surface area contributed by atoms with Crippen molar-refractivity contribution in [2.24, 2.45) is 0 Å². The molecule has 2 aromatic carbocycles. The van der Waals surface area contributed by atoms with Crippen molar-refractivity contribution >= 4 is 23.0 Å². The minimum absolute atomic E-state index is 0.255. The third-order valence-electron chi connectivity index (χ3n) is 4.79. The summed E-state index contributed by atoms with van der Waals surface area (Å²) < 4.78 is 16.5. The number of hydrogen-bond acceptors (Lipinski definition) is 5. The van der Waals surface area contributed by atoms with Crippen LogP contribution in [-0.4, -0.2) is 28.9 Å².